The maximum absolute atomic E-state index is 11.7. The summed E-state index contributed by atoms with van der Waals surface area (Å²) in [5.74, 6) is 0.117. The predicted molar refractivity (Wildman–Crippen MR) is 71.3 cm³/mol. The lowest BCUT2D eigenvalue weighted by Gasteiger charge is -2.14. The molecule has 0 aliphatic carbocycles. The molecule has 2 N–H and O–H groups in total. The lowest BCUT2D eigenvalue weighted by Crippen LogP contribution is -2.30. The Hall–Kier alpha value is -1.13. The van der Waals surface area contributed by atoms with Gasteiger partial charge in [0.1, 0.15) is 0 Å². The molecule has 0 unspecified atom stereocenters. The number of amides is 1. The van der Waals surface area contributed by atoms with Gasteiger partial charge in [0.25, 0.3) is 0 Å². The molecule has 17 heavy (non-hydrogen) atoms. The predicted octanol–water partition coefficient (Wildman–Crippen LogP) is 1.63. The molecule has 1 aromatic rings. The number of rotatable bonds is 4. The van der Waals surface area contributed by atoms with Gasteiger partial charge in [0.15, 0.2) is 0 Å². The summed E-state index contributed by atoms with van der Waals surface area (Å²) in [6, 6.07) is 4.09. The molecule has 0 fully saturated rings. The molecule has 92 valence electrons. The third kappa shape index (κ3) is 3.98. The quantitative estimate of drug-likeness (QED) is 0.798. The summed E-state index contributed by atoms with van der Waals surface area (Å²) in [6.07, 6.45) is 3.71. The SMILES string of the molecule is Cc1ccc(CC(=O)NCC2=CCNCC2)s1. The van der Waals surface area contributed by atoms with Crippen LogP contribution in [0, 0.1) is 6.92 Å². The van der Waals surface area contributed by atoms with Crippen LogP contribution in [0.25, 0.3) is 0 Å². The fourth-order valence-corrected chi connectivity index (χ4v) is 2.73. The Kier molecular flexibility index (Phi) is 4.34. The van der Waals surface area contributed by atoms with E-state index in [-0.39, 0.29) is 5.91 Å². The van der Waals surface area contributed by atoms with Crippen LogP contribution >= 0.6 is 11.3 Å². The summed E-state index contributed by atoms with van der Waals surface area (Å²) in [5.41, 5.74) is 1.33. The van der Waals surface area contributed by atoms with E-state index in [1.807, 2.05) is 6.07 Å². The van der Waals surface area contributed by atoms with E-state index >= 15 is 0 Å². The molecule has 0 aromatic carbocycles. The number of nitrogens with one attached hydrogen (secondary N) is 2. The van der Waals surface area contributed by atoms with E-state index in [2.05, 4.69) is 29.7 Å². The van der Waals surface area contributed by atoms with Gasteiger partial charge in [-0.2, -0.15) is 0 Å². The molecule has 1 aliphatic rings. The van der Waals surface area contributed by atoms with Crippen LogP contribution in [0.4, 0.5) is 0 Å². The minimum absolute atomic E-state index is 0.117. The van der Waals surface area contributed by atoms with Gasteiger partial charge in [-0.15, -0.1) is 11.3 Å². The van der Waals surface area contributed by atoms with Crippen LogP contribution in [0.2, 0.25) is 0 Å². The van der Waals surface area contributed by atoms with Gasteiger partial charge in [-0.3, -0.25) is 4.79 Å². The smallest absolute Gasteiger partial charge is 0.225 e. The Bertz CT molecular complexity index is 423. The first kappa shape index (κ1) is 12.3. The number of thiophene rings is 1. The zero-order valence-corrected chi connectivity index (χ0v) is 10.9. The Morgan fingerprint density at radius 3 is 3.06 bits per heavy atom. The van der Waals surface area contributed by atoms with E-state index in [1.54, 1.807) is 11.3 Å². The van der Waals surface area contributed by atoms with Crippen molar-refractivity contribution in [1.29, 1.82) is 0 Å². The lowest BCUT2D eigenvalue weighted by molar-refractivity contribution is -0.120. The molecule has 2 rings (SSSR count). The van der Waals surface area contributed by atoms with E-state index in [0.717, 1.165) is 24.4 Å². The fourth-order valence-electron chi connectivity index (χ4n) is 1.84. The molecule has 0 atom stereocenters. The number of carbonyl (C=O) groups is 1. The van der Waals surface area contributed by atoms with Crippen LogP contribution < -0.4 is 10.6 Å². The van der Waals surface area contributed by atoms with Gasteiger partial charge >= 0.3 is 0 Å². The van der Waals surface area contributed by atoms with Crippen molar-refractivity contribution in [3.05, 3.63) is 33.5 Å². The molecule has 1 aromatic heterocycles. The van der Waals surface area contributed by atoms with Gasteiger partial charge in [-0.1, -0.05) is 11.6 Å². The van der Waals surface area contributed by atoms with E-state index < -0.39 is 0 Å². The molecule has 2 heterocycles. The average molecular weight is 250 g/mol. The molecule has 0 saturated carbocycles. The minimum Gasteiger partial charge on any atom is -0.352 e. The standard InChI is InChI=1S/C13H18N2OS/c1-10-2-3-12(17-10)8-13(16)15-9-11-4-6-14-7-5-11/h2-4,14H,5-9H2,1H3,(H,15,16). The van der Waals surface area contributed by atoms with Gasteiger partial charge in [-0.25, -0.2) is 0 Å². The van der Waals surface area contributed by atoms with Crippen molar-refractivity contribution < 1.29 is 4.79 Å². The monoisotopic (exact) mass is 250 g/mol. The lowest BCUT2D eigenvalue weighted by atomic mass is 10.1. The highest BCUT2D eigenvalue weighted by Crippen LogP contribution is 2.15. The maximum atomic E-state index is 11.7. The molecule has 0 radical (unpaired) electrons. The second-order valence-corrected chi connectivity index (χ2v) is 5.65. The fraction of sp³-hybridized carbons (Fsp3) is 0.462. The van der Waals surface area contributed by atoms with E-state index in [1.165, 1.54) is 10.5 Å². The maximum Gasteiger partial charge on any atom is 0.225 e. The highest BCUT2D eigenvalue weighted by molar-refractivity contribution is 7.12. The van der Waals surface area contributed by atoms with Crippen LogP contribution in [0.3, 0.4) is 0 Å². The van der Waals surface area contributed by atoms with Gasteiger partial charge in [0.05, 0.1) is 6.42 Å². The Morgan fingerprint density at radius 1 is 1.53 bits per heavy atom. The van der Waals surface area contributed by atoms with Gasteiger partial charge in [0.2, 0.25) is 5.91 Å². The zero-order chi connectivity index (χ0) is 12.1. The molecule has 1 aliphatic heterocycles. The van der Waals surface area contributed by atoms with Crippen molar-refractivity contribution in [2.24, 2.45) is 0 Å². The first-order chi connectivity index (χ1) is 8.24. The molecule has 3 nitrogen and oxygen atoms in total. The second-order valence-electron chi connectivity index (χ2n) is 4.28. The van der Waals surface area contributed by atoms with Crippen molar-refractivity contribution in [2.75, 3.05) is 19.6 Å². The molecule has 4 heteroatoms. The van der Waals surface area contributed by atoms with Crippen molar-refractivity contribution >= 4 is 17.2 Å². The zero-order valence-electron chi connectivity index (χ0n) is 10.1. The van der Waals surface area contributed by atoms with Crippen molar-refractivity contribution in [3.63, 3.8) is 0 Å². The summed E-state index contributed by atoms with van der Waals surface area (Å²) >= 11 is 1.69. The molecule has 1 amide bonds. The van der Waals surface area contributed by atoms with Crippen LogP contribution in [0.1, 0.15) is 16.2 Å². The summed E-state index contributed by atoms with van der Waals surface area (Å²) in [7, 11) is 0. The van der Waals surface area contributed by atoms with Crippen LogP contribution in [-0.4, -0.2) is 25.5 Å². The normalized spacial score (nSPS) is 15.5. The molecular formula is C13H18N2OS. The van der Waals surface area contributed by atoms with E-state index in [4.69, 9.17) is 0 Å². The molecule has 0 saturated heterocycles. The Labute approximate surface area is 106 Å². The van der Waals surface area contributed by atoms with E-state index in [9.17, 15) is 4.79 Å². The third-order valence-electron chi connectivity index (χ3n) is 2.80. The number of hydrogen-bond acceptors (Lipinski definition) is 3. The highest BCUT2D eigenvalue weighted by atomic mass is 32.1. The summed E-state index contributed by atoms with van der Waals surface area (Å²) in [4.78, 5) is 14.1. The summed E-state index contributed by atoms with van der Waals surface area (Å²) < 4.78 is 0. The average Bonchev–Trinajstić information content (AvgIpc) is 2.73. The Morgan fingerprint density at radius 2 is 2.41 bits per heavy atom. The highest BCUT2D eigenvalue weighted by Gasteiger charge is 2.07. The largest absolute Gasteiger partial charge is 0.352 e. The molecule has 0 spiro atoms. The van der Waals surface area contributed by atoms with Crippen LogP contribution in [0.15, 0.2) is 23.8 Å². The van der Waals surface area contributed by atoms with Crippen LogP contribution in [-0.2, 0) is 11.2 Å². The molecule has 0 bridgehead atoms. The van der Waals surface area contributed by atoms with Gasteiger partial charge in [0, 0.05) is 22.8 Å². The van der Waals surface area contributed by atoms with E-state index in [0.29, 0.717) is 13.0 Å². The van der Waals surface area contributed by atoms with Crippen molar-refractivity contribution in [3.8, 4) is 0 Å². The first-order valence-corrected chi connectivity index (χ1v) is 6.76. The molecular weight excluding hydrogens is 232 g/mol. The van der Waals surface area contributed by atoms with Crippen LogP contribution in [0.5, 0.6) is 0 Å². The third-order valence-corrected chi connectivity index (χ3v) is 3.80. The van der Waals surface area contributed by atoms with Gasteiger partial charge < -0.3 is 10.6 Å². The topological polar surface area (TPSA) is 41.1 Å². The number of carbonyl (C=O) groups excluding carboxylic acids is 1. The van der Waals surface area contributed by atoms with Crippen molar-refractivity contribution in [2.45, 2.75) is 19.8 Å². The second kappa shape index (κ2) is 5.98. The van der Waals surface area contributed by atoms with Gasteiger partial charge in [-0.05, 0) is 32.0 Å². The summed E-state index contributed by atoms with van der Waals surface area (Å²) in [6.45, 7) is 4.71. The van der Waals surface area contributed by atoms with Crippen molar-refractivity contribution in [1.82, 2.24) is 10.6 Å². The number of aryl methyl sites for hydroxylation is 1. The first-order valence-electron chi connectivity index (χ1n) is 5.94. The minimum atomic E-state index is 0.117. The Balaban J connectivity index is 1.75. The number of hydrogen-bond donors (Lipinski definition) is 2. The summed E-state index contributed by atoms with van der Waals surface area (Å²) in [5, 5.41) is 6.24.